The number of nitrogens with two attached hydrogens (primary N) is 1. The van der Waals surface area contributed by atoms with E-state index in [0.717, 1.165) is 18.9 Å². The first kappa shape index (κ1) is 17.9. The van der Waals surface area contributed by atoms with Crippen molar-refractivity contribution < 1.29 is 4.52 Å². The Kier molecular flexibility index (Phi) is 6.16. The molecule has 1 aromatic heterocycles. The van der Waals surface area contributed by atoms with Gasteiger partial charge in [0.1, 0.15) is 0 Å². The molecule has 2 N–H and O–H groups in total. The van der Waals surface area contributed by atoms with Gasteiger partial charge in [-0.25, -0.2) is 0 Å². The molecule has 2 atom stereocenters. The molecule has 0 amide bonds. The molecule has 1 aromatic carbocycles. The summed E-state index contributed by atoms with van der Waals surface area (Å²) in [6, 6.07) is 10.6. The van der Waals surface area contributed by atoms with Gasteiger partial charge in [0, 0.05) is 24.9 Å². The molecule has 0 bridgehead atoms. The fraction of sp³-hybridized carbons (Fsp3) is 0.529. The van der Waals surface area contributed by atoms with Crippen LogP contribution in [0.25, 0.3) is 0 Å². The summed E-state index contributed by atoms with van der Waals surface area (Å²) in [5.74, 6) is 2.75. The van der Waals surface area contributed by atoms with E-state index in [1.165, 1.54) is 5.56 Å². The molecule has 2 heterocycles. The average molecular weight is 337 g/mol. The zero-order valence-corrected chi connectivity index (χ0v) is 14.5. The fourth-order valence-electron chi connectivity index (χ4n) is 3.16. The lowest BCUT2D eigenvalue weighted by atomic mass is 9.89. The standard InChI is InChI=1S/C17H24N4O.ClH/c1-12(2)17-19-16(22-20-17)11-21-9-14(8-18)15(10-21)13-6-4-3-5-7-13;/h3-7,12,14-15H,8-11,18H2,1-2H3;1H/t14-,15+;/m1./s1. The summed E-state index contributed by atoms with van der Waals surface area (Å²) in [7, 11) is 0. The molecule has 1 aliphatic heterocycles. The molecule has 0 aliphatic carbocycles. The molecule has 5 nitrogen and oxygen atoms in total. The molecular weight excluding hydrogens is 312 g/mol. The Morgan fingerprint density at radius 2 is 2.00 bits per heavy atom. The second-order valence-corrected chi connectivity index (χ2v) is 6.41. The van der Waals surface area contributed by atoms with Crippen LogP contribution in [0.1, 0.15) is 43.0 Å². The highest BCUT2D eigenvalue weighted by Crippen LogP contribution is 2.32. The van der Waals surface area contributed by atoms with E-state index in [0.29, 0.717) is 36.7 Å². The lowest BCUT2D eigenvalue weighted by molar-refractivity contribution is 0.259. The van der Waals surface area contributed by atoms with Crippen molar-refractivity contribution in [2.45, 2.75) is 32.2 Å². The van der Waals surface area contributed by atoms with Crippen LogP contribution in [0.3, 0.4) is 0 Å². The normalized spacial score (nSPS) is 21.6. The van der Waals surface area contributed by atoms with Gasteiger partial charge >= 0.3 is 0 Å². The van der Waals surface area contributed by atoms with Crippen LogP contribution in [0.4, 0.5) is 0 Å². The van der Waals surface area contributed by atoms with Gasteiger partial charge in [0.25, 0.3) is 0 Å². The number of benzene rings is 1. The van der Waals surface area contributed by atoms with Crippen molar-refractivity contribution in [2.75, 3.05) is 19.6 Å². The number of aromatic nitrogens is 2. The highest BCUT2D eigenvalue weighted by atomic mass is 35.5. The minimum Gasteiger partial charge on any atom is -0.338 e. The van der Waals surface area contributed by atoms with Gasteiger partial charge in [-0.15, -0.1) is 12.4 Å². The summed E-state index contributed by atoms with van der Waals surface area (Å²) in [5.41, 5.74) is 7.35. The van der Waals surface area contributed by atoms with Crippen LogP contribution in [0.2, 0.25) is 0 Å². The summed E-state index contributed by atoms with van der Waals surface area (Å²) in [6.45, 7) is 7.53. The lowest BCUT2D eigenvalue weighted by Gasteiger charge is -2.16. The highest BCUT2D eigenvalue weighted by Gasteiger charge is 2.33. The van der Waals surface area contributed by atoms with E-state index in [4.69, 9.17) is 10.3 Å². The molecule has 3 rings (SSSR count). The van der Waals surface area contributed by atoms with E-state index >= 15 is 0 Å². The van der Waals surface area contributed by atoms with Crippen molar-refractivity contribution in [3.05, 3.63) is 47.6 Å². The molecule has 0 radical (unpaired) electrons. The summed E-state index contributed by atoms with van der Waals surface area (Å²) in [6.07, 6.45) is 0. The van der Waals surface area contributed by atoms with Crippen molar-refractivity contribution in [3.8, 4) is 0 Å². The molecule has 1 aliphatic rings. The lowest BCUT2D eigenvalue weighted by Crippen LogP contribution is -2.23. The number of hydrogen-bond acceptors (Lipinski definition) is 5. The summed E-state index contributed by atoms with van der Waals surface area (Å²) in [4.78, 5) is 6.84. The highest BCUT2D eigenvalue weighted by molar-refractivity contribution is 5.85. The molecule has 126 valence electrons. The van der Waals surface area contributed by atoms with Gasteiger partial charge in [-0.2, -0.15) is 4.98 Å². The maximum Gasteiger partial charge on any atom is 0.240 e. The Bertz CT molecular complexity index is 602. The minimum atomic E-state index is 0. The molecule has 2 aromatic rings. The number of likely N-dealkylation sites (tertiary alicyclic amines) is 1. The van der Waals surface area contributed by atoms with E-state index < -0.39 is 0 Å². The topological polar surface area (TPSA) is 68.2 Å². The molecule has 0 spiro atoms. The maximum absolute atomic E-state index is 5.98. The average Bonchev–Trinajstić information content (AvgIpc) is 3.15. The molecule has 0 unspecified atom stereocenters. The third-order valence-electron chi connectivity index (χ3n) is 4.41. The Labute approximate surface area is 143 Å². The summed E-state index contributed by atoms with van der Waals surface area (Å²) in [5, 5.41) is 4.04. The molecule has 6 heteroatoms. The Balaban J connectivity index is 0.00000192. The Hall–Kier alpha value is -1.43. The Morgan fingerprint density at radius 1 is 1.26 bits per heavy atom. The third-order valence-corrected chi connectivity index (χ3v) is 4.41. The van der Waals surface area contributed by atoms with E-state index in [-0.39, 0.29) is 12.4 Å². The van der Waals surface area contributed by atoms with E-state index in [1.807, 2.05) is 0 Å². The van der Waals surface area contributed by atoms with Crippen LogP contribution in [-0.2, 0) is 6.54 Å². The molecule has 1 saturated heterocycles. The van der Waals surface area contributed by atoms with Gasteiger partial charge in [-0.1, -0.05) is 49.3 Å². The van der Waals surface area contributed by atoms with Gasteiger partial charge in [0.15, 0.2) is 5.82 Å². The second kappa shape index (κ2) is 7.90. The number of hydrogen-bond donors (Lipinski definition) is 1. The fourth-order valence-corrected chi connectivity index (χ4v) is 3.16. The first-order valence-corrected chi connectivity index (χ1v) is 7.97. The maximum atomic E-state index is 5.98. The molecule has 0 saturated carbocycles. The van der Waals surface area contributed by atoms with Gasteiger partial charge in [-0.3, -0.25) is 4.90 Å². The predicted molar refractivity (Wildman–Crippen MR) is 92.6 cm³/mol. The van der Waals surface area contributed by atoms with Crippen LogP contribution >= 0.6 is 12.4 Å². The van der Waals surface area contributed by atoms with Crippen molar-refractivity contribution in [1.29, 1.82) is 0 Å². The predicted octanol–water partition coefficient (Wildman–Crippen LogP) is 2.79. The van der Waals surface area contributed by atoms with Crippen molar-refractivity contribution in [3.63, 3.8) is 0 Å². The quantitative estimate of drug-likeness (QED) is 0.909. The van der Waals surface area contributed by atoms with E-state index in [9.17, 15) is 0 Å². The number of nitrogens with zero attached hydrogens (tertiary/aromatic N) is 3. The molecule has 23 heavy (non-hydrogen) atoms. The van der Waals surface area contributed by atoms with Crippen LogP contribution in [-0.4, -0.2) is 34.7 Å². The zero-order chi connectivity index (χ0) is 15.5. The number of halogens is 1. The Morgan fingerprint density at radius 3 is 2.61 bits per heavy atom. The van der Waals surface area contributed by atoms with Crippen molar-refractivity contribution in [2.24, 2.45) is 11.7 Å². The number of rotatable bonds is 5. The third kappa shape index (κ3) is 4.10. The monoisotopic (exact) mass is 336 g/mol. The van der Waals surface area contributed by atoms with Crippen molar-refractivity contribution in [1.82, 2.24) is 15.0 Å². The van der Waals surface area contributed by atoms with Gasteiger partial charge in [0.2, 0.25) is 5.89 Å². The first-order valence-electron chi connectivity index (χ1n) is 7.97. The first-order chi connectivity index (χ1) is 10.7. The van der Waals surface area contributed by atoms with E-state index in [2.05, 4.69) is 59.2 Å². The van der Waals surface area contributed by atoms with E-state index in [1.54, 1.807) is 0 Å². The smallest absolute Gasteiger partial charge is 0.240 e. The van der Waals surface area contributed by atoms with Crippen LogP contribution < -0.4 is 5.73 Å². The molecular formula is C17H25ClN4O. The molecule has 1 fully saturated rings. The largest absolute Gasteiger partial charge is 0.338 e. The van der Waals surface area contributed by atoms with Crippen molar-refractivity contribution >= 4 is 12.4 Å². The SMILES string of the molecule is CC(C)c1noc(CN2C[C@@H](CN)[C@H](c3ccccc3)C2)n1.Cl. The second-order valence-electron chi connectivity index (χ2n) is 6.41. The van der Waals surface area contributed by atoms with Crippen LogP contribution in [0.15, 0.2) is 34.9 Å². The summed E-state index contributed by atoms with van der Waals surface area (Å²) >= 11 is 0. The van der Waals surface area contributed by atoms with Gasteiger partial charge in [0.05, 0.1) is 6.54 Å². The van der Waals surface area contributed by atoms with Crippen LogP contribution in [0.5, 0.6) is 0 Å². The van der Waals surface area contributed by atoms with Gasteiger partial charge < -0.3 is 10.3 Å². The minimum absolute atomic E-state index is 0. The van der Waals surface area contributed by atoms with Gasteiger partial charge in [-0.05, 0) is 18.0 Å². The zero-order valence-electron chi connectivity index (χ0n) is 13.7. The van der Waals surface area contributed by atoms with Crippen LogP contribution in [0, 0.1) is 5.92 Å². The summed E-state index contributed by atoms with van der Waals surface area (Å²) < 4.78 is 5.36.